The highest BCUT2D eigenvalue weighted by atomic mass is 32.1. The number of nitrogens with one attached hydrogen (secondary N) is 2. The number of ether oxygens (including phenoxy) is 1. The highest BCUT2D eigenvalue weighted by Crippen LogP contribution is 2.42. The van der Waals surface area contributed by atoms with E-state index in [4.69, 9.17) is 22.7 Å². The zero-order chi connectivity index (χ0) is 20.8. The van der Waals surface area contributed by atoms with Crippen LogP contribution in [0.5, 0.6) is 0 Å². The van der Waals surface area contributed by atoms with Crippen LogP contribution < -0.4 is 16.4 Å². The van der Waals surface area contributed by atoms with E-state index in [0.717, 1.165) is 44.1 Å². The van der Waals surface area contributed by atoms with E-state index in [1.165, 1.54) is 14.0 Å². The molecular formula is C21H33N3O3S. The zero-order valence-electron chi connectivity index (χ0n) is 17.2. The largest absolute Gasteiger partial charge is 0.467 e. The molecule has 6 nitrogen and oxygen atoms in total. The van der Waals surface area contributed by atoms with Gasteiger partial charge in [0.15, 0.2) is 0 Å². The van der Waals surface area contributed by atoms with E-state index in [0.29, 0.717) is 18.0 Å². The van der Waals surface area contributed by atoms with Gasteiger partial charge in [0.05, 0.1) is 12.1 Å². The lowest BCUT2D eigenvalue weighted by Gasteiger charge is -2.33. The number of rotatable bonds is 8. The number of esters is 1. The number of carbonyl (C=O) groups is 2. The number of thiocarbonyl (C=S) groups is 1. The maximum Gasteiger partial charge on any atom is 0.328 e. The van der Waals surface area contributed by atoms with Gasteiger partial charge in [0, 0.05) is 30.8 Å². The van der Waals surface area contributed by atoms with Crippen LogP contribution in [0.25, 0.3) is 0 Å². The first-order valence-corrected chi connectivity index (χ1v) is 10.4. The first kappa shape index (κ1) is 22.6. The zero-order valence-corrected chi connectivity index (χ0v) is 18.0. The number of nitrogens with two attached hydrogens (primary N) is 1. The van der Waals surface area contributed by atoms with Gasteiger partial charge in [-0.1, -0.05) is 43.3 Å². The quantitative estimate of drug-likeness (QED) is 0.423. The summed E-state index contributed by atoms with van der Waals surface area (Å²) in [5.74, 6) is -0.366. The van der Waals surface area contributed by atoms with Crippen LogP contribution in [0.3, 0.4) is 0 Å². The Labute approximate surface area is 173 Å². The van der Waals surface area contributed by atoms with Crippen molar-refractivity contribution in [2.45, 2.75) is 70.4 Å². The Hall–Kier alpha value is -1.73. The van der Waals surface area contributed by atoms with Crippen LogP contribution in [0.15, 0.2) is 23.8 Å². The molecule has 0 spiro atoms. The summed E-state index contributed by atoms with van der Waals surface area (Å²) in [5, 5.41) is 6.16. The van der Waals surface area contributed by atoms with E-state index in [2.05, 4.69) is 16.7 Å². The van der Waals surface area contributed by atoms with Gasteiger partial charge in [0.25, 0.3) is 0 Å². The molecular weight excluding hydrogens is 374 g/mol. The molecule has 2 rings (SSSR count). The van der Waals surface area contributed by atoms with Gasteiger partial charge in [-0.3, -0.25) is 4.79 Å². The van der Waals surface area contributed by atoms with Crippen molar-refractivity contribution in [2.24, 2.45) is 11.1 Å². The monoisotopic (exact) mass is 407 g/mol. The molecule has 0 saturated heterocycles. The third kappa shape index (κ3) is 6.14. The second kappa shape index (κ2) is 9.65. The smallest absolute Gasteiger partial charge is 0.328 e. The lowest BCUT2D eigenvalue weighted by atomic mass is 9.81. The van der Waals surface area contributed by atoms with Crippen LogP contribution in [0.2, 0.25) is 0 Å². The Morgan fingerprint density at radius 1 is 1.36 bits per heavy atom. The van der Waals surface area contributed by atoms with Gasteiger partial charge in [-0.15, -0.1) is 0 Å². The predicted octanol–water partition coefficient (Wildman–Crippen LogP) is 2.53. The van der Waals surface area contributed by atoms with Gasteiger partial charge in [0.1, 0.15) is 6.04 Å². The molecule has 0 aromatic heterocycles. The van der Waals surface area contributed by atoms with Crippen molar-refractivity contribution in [3.8, 4) is 0 Å². The van der Waals surface area contributed by atoms with Crippen molar-refractivity contribution < 1.29 is 14.3 Å². The van der Waals surface area contributed by atoms with E-state index < -0.39 is 6.04 Å². The molecule has 1 saturated carbocycles. The fourth-order valence-corrected chi connectivity index (χ4v) is 4.39. The molecule has 28 heavy (non-hydrogen) atoms. The van der Waals surface area contributed by atoms with Crippen molar-refractivity contribution in [3.63, 3.8) is 0 Å². The molecule has 2 aliphatic carbocycles. The Morgan fingerprint density at radius 2 is 2.04 bits per heavy atom. The van der Waals surface area contributed by atoms with E-state index in [9.17, 15) is 9.59 Å². The molecule has 0 aliphatic heterocycles. The van der Waals surface area contributed by atoms with Crippen molar-refractivity contribution in [3.05, 3.63) is 23.8 Å². The van der Waals surface area contributed by atoms with Gasteiger partial charge in [-0.25, -0.2) is 4.79 Å². The van der Waals surface area contributed by atoms with Crippen LogP contribution in [0, 0.1) is 5.41 Å². The number of methoxy groups -OCH3 is 1. The summed E-state index contributed by atoms with van der Waals surface area (Å²) in [6.45, 7) is 4.08. The molecule has 1 amide bonds. The maximum atomic E-state index is 12.4. The van der Waals surface area contributed by atoms with Crippen LogP contribution in [-0.2, 0) is 14.3 Å². The Bertz CT molecular complexity index is 664. The molecule has 156 valence electrons. The van der Waals surface area contributed by atoms with Crippen LogP contribution >= 0.6 is 12.2 Å². The van der Waals surface area contributed by atoms with Gasteiger partial charge in [0.2, 0.25) is 5.91 Å². The summed E-state index contributed by atoms with van der Waals surface area (Å²) in [6, 6.07) is -0.534. The lowest BCUT2D eigenvalue weighted by Crippen LogP contribution is -2.48. The molecule has 0 aromatic rings. The van der Waals surface area contributed by atoms with Gasteiger partial charge in [-0.2, -0.15) is 0 Å². The van der Waals surface area contributed by atoms with Gasteiger partial charge < -0.3 is 21.1 Å². The van der Waals surface area contributed by atoms with E-state index >= 15 is 0 Å². The second-order valence-corrected chi connectivity index (χ2v) is 8.70. The van der Waals surface area contributed by atoms with Crippen molar-refractivity contribution in [1.29, 1.82) is 0 Å². The number of allylic oxidation sites excluding steroid dienone is 1. The van der Waals surface area contributed by atoms with Crippen molar-refractivity contribution >= 4 is 29.1 Å². The van der Waals surface area contributed by atoms with E-state index in [1.807, 2.05) is 19.1 Å². The number of carbonyl (C=O) groups excluding carboxylic acids is 2. The van der Waals surface area contributed by atoms with Gasteiger partial charge in [-0.05, 0) is 38.2 Å². The number of hydrogen-bond donors (Lipinski definition) is 3. The molecule has 0 bridgehead atoms. The molecule has 0 heterocycles. The molecule has 1 fully saturated rings. The summed E-state index contributed by atoms with van der Waals surface area (Å²) in [5.41, 5.74) is 6.65. The first-order valence-electron chi connectivity index (χ1n) is 9.98. The maximum absolute atomic E-state index is 12.4. The topological polar surface area (TPSA) is 93.4 Å². The standard InChI is InChI=1S/C21H33N3O3S/c1-15(25)23-13-12-21(8-4-5-9-21)19(28)24-17(18(26)27-3)14-16-6-10-20(2,22)11-7-16/h6-7,10,17H,4-5,8-9,11-14,22H2,1-3H3,(H,23,25)(H,24,28). The first-order chi connectivity index (χ1) is 13.2. The predicted molar refractivity (Wildman–Crippen MR) is 115 cm³/mol. The van der Waals surface area contributed by atoms with E-state index in [-0.39, 0.29) is 22.8 Å². The highest BCUT2D eigenvalue weighted by Gasteiger charge is 2.39. The van der Waals surface area contributed by atoms with Crippen molar-refractivity contribution in [2.75, 3.05) is 13.7 Å². The average Bonchev–Trinajstić information content (AvgIpc) is 3.11. The molecule has 2 atom stereocenters. The Balaban J connectivity index is 2.06. The molecule has 0 aromatic carbocycles. The summed E-state index contributed by atoms with van der Waals surface area (Å²) >= 11 is 5.76. The highest BCUT2D eigenvalue weighted by molar-refractivity contribution is 7.80. The molecule has 2 aliphatic rings. The van der Waals surface area contributed by atoms with E-state index in [1.54, 1.807) is 0 Å². The third-order valence-electron chi connectivity index (χ3n) is 5.73. The van der Waals surface area contributed by atoms with Crippen LogP contribution in [0.4, 0.5) is 0 Å². The normalized spacial score (nSPS) is 24.2. The minimum Gasteiger partial charge on any atom is -0.467 e. The third-order valence-corrected chi connectivity index (χ3v) is 6.28. The minimum atomic E-state index is -0.534. The molecule has 2 unspecified atom stereocenters. The number of amides is 1. The average molecular weight is 408 g/mol. The molecule has 7 heteroatoms. The minimum absolute atomic E-state index is 0.0395. The summed E-state index contributed by atoms with van der Waals surface area (Å²) in [6.07, 6.45) is 12.2. The van der Waals surface area contributed by atoms with Crippen molar-refractivity contribution in [1.82, 2.24) is 10.6 Å². The number of hydrogen-bond acceptors (Lipinski definition) is 5. The SMILES string of the molecule is COC(=O)C(CC1=CCC(C)(N)C=C1)NC(=S)C1(CCNC(C)=O)CCCC1. The molecule has 4 N–H and O–H groups in total. The van der Waals surface area contributed by atoms with Crippen LogP contribution in [-0.4, -0.2) is 42.1 Å². The summed E-state index contributed by atoms with van der Waals surface area (Å²) < 4.78 is 5.01. The Kier molecular flexibility index (Phi) is 7.78. The second-order valence-electron chi connectivity index (χ2n) is 8.30. The lowest BCUT2D eigenvalue weighted by molar-refractivity contribution is -0.142. The fourth-order valence-electron chi connectivity index (χ4n) is 3.94. The summed E-state index contributed by atoms with van der Waals surface area (Å²) in [4.78, 5) is 24.3. The fraction of sp³-hybridized carbons (Fsp3) is 0.667. The van der Waals surface area contributed by atoms with Crippen LogP contribution in [0.1, 0.15) is 58.8 Å². The summed E-state index contributed by atoms with van der Waals surface area (Å²) in [7, 11) is 1.39. The van der Waals surface area contributed by atoms with Gasteiger partial charge >= 0.3 is 5.97 Å². The Morgan fingerprint density at radius 3 is 2.57 bits per heavy atom. The molecule has 0 radical (unpaired) electrons.